The van der Waals surface area contributed by atoms with Crippen LogP contribution in [0.2, 0.25) is 0 Å². The van der Waals surface area contributed by atoms with Crippen molar-refractivity contribution in [3.8, 4) is 17.0 Å². The average molecular weight is 548 g/mol. The topological polar surface area (TPSA) is 98.7 Å². The average Bonchev–Trinajstić information content (AvgIpc) is 2.83. The van der Waals surface area contributed by atoms with Crippen LogP contribution in [0.25, 0.3) is 11.1 Å². The van der Waals surface area contributed by atoms with E-state index in [0.717, 1.165) is 5.56 Å². The van der Waals surface area contributed by atoms with Crippen LogP contribution in [-0.4, -0.2) is 38.2 Å². The fourth-order valence-corrected chi connectivity index (χ4v) is 5.01. The Morgan fingerprint density at radius 1 is 1.12 bits per heavy atom. The molecule has 0 radical (unpaired) electrons. The maximum Gasteiger partial charge on any atom is 0.430 e. The van der Waals surface area contributed by atoms with Crippen LogP contribution in [0.15, 0.2) is 59.6 Å². The SMILES string of the molecule is COc1nc(C)cnc1N(C(=O)OCC(C)C)S(=O)(=O)c1ccccc1-c1ccc(CBr)cc1. The summed E-state index contributed by atoms with van der Waals surface area (Å²) in [5, 5.41) is 0.675. The van der Waals surface area contributed by atoms with E-state index in [1.165, 1.54) is 19.4 Å². The fourth-order valence-electron chi connectivity index (χ4n) is 3.12. The van der Waals surface area contributed by atoms with Crippen LogP contribution in [0.1, 0.15) is 25.1 Å². The van der Waals surface area contributed by atoms with Crippen LogP contribution < -0.4 is 9.04 Å². The number of rotatable bonds is 8. The first-order valence-electron chi connectivity index (χ1n) is 10.5. The van der Waals surface area contributed by atoms with Gasteiger partial charge in [0, 0.05) is 10.9 Å². The van der Waals surface area contributed by atoms with Gasteiger partial charge in [0.2, 0.25) is 5.82 Å². The van der Waals surface area contributed by atoms with Gasteiger partial charge >= 0.3 is 6.09 Å². The predicted molar refractivity (Wildman–Crippen MR) is 134 cm³/mol. The third-order valence-corrected chi connectivity index (χ3v) is 7.12. The van der Waals surface area contributed by atoms with Crippen molar-refractivity contribution >= 4 is 37.9 Å². The number of carbonyl (C=O) groups is 1. The number of nitrogens with zero attached hydrogens (tertiary/aromatic N) is 3. The van der Waals surface area contributed by atoms with E-state index in [1.54, 1.807) is 25.1 Å². The highest BCUT2D eigenvalue weighted by atomic mass is 79.9. The van der Waals surface area contributed by atoms with E-state index < -0.39 is 16.1 Å². The van der Waals surface area contributed by atoms with Crippen molar-refractivity contribution in [3.05, 3.63) is 66.0 Å². The van der Waals surface area contributed by atoms with Gasteiger partial charge in [0.15, 0.2) is 0 Å². The molecule has 0 saturated carbocycles. The molecule has 8 nitrogen and oxygen atoms in total. The molecule has 0 spiro atoms. The standard InChI is InChI=1S/C24H26BrN3O5S/c1-16(2)15-33-24(29)28(22-23(32-4)27-17(3)14-26-22)34(30,31)21-8-6-5-7-20(21)19-11-9-18(13-25)10-12-19/h5-12,14,16H,13,15H2,1-4H3. The summed E-state index contributed by atoms with van der Waals surface area (Å²) in [6, 6.07) is 13.9. The molecule has 180 valence electrons. The van der Waals surface area contributed by atoms with Gasteiger partial charge in [-0.2, -0.15) is 0 Å². The summed E-state index contributed by atoms with van der Waals surface area (Å²) in [5.74, 6) is -0.379. The molecule has 0 N–H and O–H groups in total. The Hall–Kier alpha value is -2.98. The molecule has 3 rings (SSSR count). The zero-order valence-corrected chi connectivity index (χ0v) is 21.8. The number of halogens is 1. The summed E-state index contributed by atoms with van der Waals surface area (Å²) in [5.41, 5.74) is 2.66. The lowest BCUT2D eigenvalue weighted by Gasteiger charge is -2.24. The molecule has 0 atom stereocenters. The molecule has 1 aromatic heterocycles. The van der Waals surface area contributed by atoms with Gasteiger partial charge in [-0.1, -0.05) is 72.2 Å². The van der Waals surface area contributed by atoms with Crippen molar-refractivity contribution in [1.82, 2.24) is 9.97 Å². The Labute approximate surface area is 208 Å². The first kappa shape index (κ1) is 25.6. The maximum atomic E-state index is 14.0. The molecule has 0 aliphatic carbocycles. The Morgan fingerprint density at radius 2 is 1.79 bits per heavy atom. The molecule has 0 fully saturated rings. The fraction of sp³-hybridized carbons (Fsp3) is 0.292. The van der Waals surface area contributed by atoms with Crippen LogP contribution in [0.4, 0.5) is 10.6 Å². The van der Waals surface area contributed by atoms with Crippen molar-refractivity contribution in [1.29, 1.82) is 0 Å². The van der Waals surface area contributed by atoms with E-state index in [-0.39, 0.29) is 29.1 Å². The van der Waals surface area contributed by atoms with Crippen molar-refractivity contribution in [2.45, 2.75) is 31.0 Å². The number of alkyl halides is 1. The van der Waals surface area contributed by atoms with Gasteiger partial charge in [0.05, 0.1) is 30.5 Å². The second-order valence-electron chi connectivity index (χ2n) is 7.91. The van der Waals surface area contributed by atoms with Crippen molar-refractivity contribution in [3.63, 3.8) is 0 Å². The molecule has 3 aromatic rings. The zero-order chi connectivity index (χ0) is 24.9. The molecule has 0 unspecified atom stereocenters. The lowest BCUT2D eigenvalue weighted by molar-refractivity contribution is 0.143. The van der Waals surface area contributed by atoms with Gasteiger partial charge < -0.3 is 9.47 Å². The molecule has 10 heteroatoms. The third kappa shape index (κ3) is 5.56. The number of sulfonamides is 1. The van der Waals surface area contributed by atoms with E-state index in [1.807, 2.05) is 38.1 Å². The molecular weight excluding hydrogens is 522 g/mol. The Kier molecular flexibility index (Phi) is 8.27. The van der Waals surface area contributed by atoms with Crippen LogP contribution in [0.5, 0.6) is 5.88 Å². The van der Waals surface area contributed by atoms with Gasteiger partial charge in [0.1, 0.15) is 0 Å². The Morgan fingerprint density at radius 3 is 2.41 bits per heavy atom. The van der Waals surface area contributed by atoms with Crippen LogP contribution in [0, 0.1) is 12.8 Å². The predicted octanol–water partition coefficient (Wildman–Crippen LogP) is 5.34. The van der Waals surface area contributed by atoms with Crippen LogP contribution >= 0.6 is 15.9 Å². The van der Waals surface area contributed by atoms with Gasteiger partial charge in [0.25, 0.3) is 15.9 Å². The Balaban J connectivity index is 2.19. The number of aryl methyl sites for hydroxylation is 1. The van der Waals surface area contributed by atoms with E-state index in [2.05, 4.69) is 25.9 Å². The van der Waals surface area contributed by atoms with Crippen molar-refractivity contribution in [2.24, 2.45) is 5.92 Å². The van der Waals surface area contributed by atoms with E-state index in [4.69, 9.17) is 9.47 Å². The third-order valence-electron chi connectivity index (χ3n) is 4.76. The summed E-state index contributed by atoms with van der Waals surface area (Å²) in [4.78, 5) is 21.4. The van der Waals surface area contributed by atoms with E-state index >= 15 is 0 Å². The molecule has 0 bridgehead atoms. The zero-order valence-electron chi connectivity index (χ0n) is 19.4. The largest absolute Gasteiger partial charge is 0.478 e. The van der Waals surface area contributed by atoms with Crippen LogP contribution in [-0.2, 0) is 20.1 Å². The lowest BCUT2D eigenvalue weighted by Crippen LogP contribution is -2.39. The first-order valence-corrected chi connectivity index (χ1v) is 13.1. The van der Waals surface area contributed by atoms with Crippen molar-refractivity contribution in [2.75, 3.05) is 18.0 Å². The first-order chi connectivity index (χ1) is 16.2. The number of hydrogen-bond acceptors (Lipinski definition) is 7. The number of amides is 1. The molecule has 34 heavy (non-hydrogen) atoms. The number of methoxy groups -OCH3 is 1. The number of hydrogen-bond donors (Lipinski definition) is 0. The van der Waals surface area contributed by atoms with Crippen LogP contribution in [0.3, 0.4) is 0 Å². The maximum absolute atomic E-state index is 14.0. The quantitative estimate of drug-likeness (QED) is 0.350. The lowest BCUT2D eigenvalue weighted by atomic mass is 10.0. The van der Waals surface area contributed by atoms with Gasteiger partial charge in [-0.15, -0.1) is 4.31 Å². The van der Waals surface area contributed by atoms with Gasteiger partial charge in [-0.05, 0) is 30.0 Å². The minimum atomic E-state index is -4.47. The van der Waals surface area contributed by atoms with E-state index in [0.29, 0.717) is 26.5 Å². The highest BCUT2D eigenvalue weighted by molar-refractivity contribution is 9.08. The van der Waals surface area contributed by atoms with Gasteiger partial charge in [-0.3, -0.25) is 0 Å². The highest BCUT2D eigenvalue weighted by Crippen LogP contribution is 2.34. The number of aromatic nitrogens is 2. The second-order valence-corrected chi connectivity index (χ2v) is 10.2. The summed E-state index contributed by atoms with van der Waals surface area (Å²) < 4.78 is 39.1. The molecule has 1 heterocycles. The monoisotopic (exact) mass is 547 g/mol. The summed E-state index contributed by atoms with van der Waals surface area (Å²) in [6.07, 6.45) is 0.274. The molecular formula is C24H26BrN3O5S. The highest BCUT2D eigenvalue weighted by Gasteiger charge is 2.38. The minimum absolute atomic E-state index is 0.000245. The summed E-state index contributed by atoms with van der Waals surface area (Å²) in [7, 11) is -3.14. The minimum Gasteiger partial charge on any atom is -0.478 e. The summed E-state index contributed by atoms with van der Waals surface area (Å²) >= 11 is 3.41. The number of carbonyl (C=O) groups excluding carboxylic acids is 1. The van der Waals surface area contributed by atoms with E-state index in [9.17, 15) is 13.2 Å². The summed E-state index contributed by atoms with van der Waals surface area (Å²) in [6.45, 7) is 5.41. The smallest absolute Gasteiger partial charge is 0.430 e. The molecule has 0 aliphatic heterocycles. The molecule has 0 aliphatic rings. The molecule has 2 aromatic carbocycles. The Bertz CT molecular complexity index is 1260. The number of anilines is 1. The van der Waals surface area contributed by atoms with Gasteiger partial charge in [-0.25, -0.2) is 23.2 Å². The molecule has 0 saturated heterocycles. The second kappa shape index (κ2) is 11.0. The normalized spacial score (nSPS) is 11.4. The molecule has 1 amide bonds. The van der Waals surface area contributed by atoms with Crippen molar-refractivity contribution < 1.29 is 22.7 Å². The number of benzene rings is 2. The number of ether oxygens (including phenoxy) is 2.